The minimum Gasteiger partial charge on any atom is -0.385 e. The van der Waals surface area contributed by atoms with Gasteiger partial charge >= 0.3 is 0 Å². The van der Waals surface area contributed by atoms with Crippen LogP contribution in [0.3, 0.4) is 0 Å². The number of hydrogen-bond donors (Lipinski definition) is 1. The zero-order valence-corrected chi connectivity index (χ0v) is 10.5. The SMILES string of the molecule is COCCC(N)CN(CC1CC1)CC1CC1. The van der Waals surface area contributed by atoms with Crippen molar-refractivity contribution in [3.05, 3.63) is 0 Å². The second-order valence-corrected chi connectivity index (χ2v) is 5.65. The van der Waals surface area contributed by atoms with E-state index in [0.29, 0.717) is 0 Å². The third-order valence-electron chi connectivity index (χ3n) is 3.61. The normalized spacial score (nSPS) is 22.7. The smallest absolute Gasteiger partial charge is 0.0477 e. The van der Waals surface area contributed by atoms with Crippen molar-refractivity contribution >= 4 is 0 Å². The van der Waals surface area contributed by atoms with Gasteiger partial charge in [-0.1, -0.05) is 0 Å². The summed E-state index contributed by atoms with van der Waals surface area (Å²) in [5.41, 5.74) is 6.13. The minimum absolute atomic E-state index is 0.289. The first-order chi connectivity index (χ1) is 7.78. The fourth-order valence-electron chi connectivity index (χ4n) is 2.25. The molecule has 1 unspecified atom stereocenters. The van der Waals surface area contributed by atoms with E-state index in [1.807, 2.05) is 0 Å². The molecule has 3 heteroatoms. The largest absolute Gasteiger partial charge is 0.385 e. The molecule has 0 aromatic rings. The molecule has 2 N–H and O–H groups in total. The summed E-state index contributed by atoms with van der Waals surface area (Å²) in [5, 5.41) is 0. The van der Waals surface area contributed by atoms with Crippen LogP contribution in [-0.4, -0.2) is 44.3 Å². The maximum atomic E-state index is 6.13. The first kappa shape index (κ1) is 12.3. The molecule has 0 saturated heterocycles. The lowest BCUT2D eigenvalue weighted by Gasteiger charge is -2.25. The third-order valence-corrected chi connectivity index (χ3v) is 3.61. The number of nitrogens with zero attached hydrogens (tertiary/aromatic N) is 1. The van der Waals surface area contributed by atoms with E-state index in [4.69, 9.17) is 10.5 Å². The summed E-state index contributed by atoms with van der Waals surface area (Å²) in [6.07, 6.45) is 6.74. The molecule has 0 heterocycles. The van der Waals surface area contributed by atoms with E-state index in [9.17, 15) is 0 Å². The van der Waals surface area contributed by atoms with Gasteiger partial charge < -0.3 is 15.4 Å². The Kier molecular flexibility index (Phi) is 4.62. The molecule has 2 saturated carbocycles. The number of rotatable bonds is 9. The van der Waals surface area contributed by atoms with Gasteiger partial charge in [0.1, 0.15) is 0 Å². The molecule has 94 valence electrons. The summed E-state index contributed by atoms with van der Waals surface area (Å²) in [7, 11) is 1.75. The van der Waals surface area contributed by atoms with E-state index >= 15 is 0 Å². The Labute approximate surface area is 99.3 Å². The molecule has 0 aromatic carbocycles. The molecule has 2 rings (SSSR count). The number of nitrogens with two attached hydrogens (primary N) is 1. The van der Waals surface area contributed by atoms with Crippen LogP contribution in [0.1, 0.15) is 32.1 Å². The van der Waals surface area contributed by atoms with Crippen molar-refractivity contribution in [3.63, 3.8) is 0 Å². The van der Waals surface area contributed by atoms with E-state index in [-0.39, 0.29) is 6.04 Å². The molecular formula is C13H26N2O. The Morgan fingerprint density at radius 2 is 1.75 bits per heavy atom. The summed E-state index contributed by atoms with van der Waals surface area (Å²) >= 11 is 0. The lowest BCUT2D eigenvalue weighted by atomic mass is 10.2. The molecular weight excluding hydrogens is 200 g/mol. The molecule has 0 aromatic heterocycles. The lowest BCUT2D eigenvalue weighted by molar-refractivity contribution is 0.171. The molecule has 2 fully saturated rings. The lowest BCUT2D eigenvalue weighted by Crippen LogP contribution is -2.40. The topological polar surface area (TPSA) is 38.5 Å². The molecule has 0 amide bonds. The first-order valence-electron chi connectivity index (χ1n) is 6.74. The summed E-state index contributed by atoms with van der Waals surface area (Å²) in [5.74, 6) is 1.96. The van der Waals surface area contributed by atoms with E-state index < -0.39 is 0 Å². The van der Waals surface area contributed by atoms with Gasteiger partial charge in [0, 0.05) is 39.4 Å². The van der Waals surface area contributed by atoms with E-state index in [0.717, 1.165) is 31.4 Å². The van der Waals surface area contributed by atoms with Crippen LogP contribution in [0.25, 0.3) is 0 Å². The van der Waals surface area contributed by atoms with Crippen LogP contribution in [0.2, 0.25) is 0 Å². The molecule has 0 radical (unpaired) electrons. The van der Waals surface area contributed by atoms with E-state index in [1.54, 1.807) is 7.11 Å². The average Bonchev–Trinajstić information content (AvgIpc) is 3.10. The second-order valence-electron chi connectivity index (χ2n) is 5.65. The number of hydrogen-bond acceptors (Lipinski definition) is 3. The van der Waals surface area contributed by atoms with Gasteiger partial charge in [-0.25, -0.2) is 0 Å². The highest BCUT2D eigenvalue weighted by molar-refractivity contribution is 4.83. The molecule has 3 nitrogen and oxygen atoms in total. The average molecular weight is 226 g/mol. The van der Waals surface area contributed by atoms with Crippen molar-refractivity contribution in [1.29, 1.82) is 0 Å². The predicted octanol–water partition coefficient (Wildman–Crippen LogP) is 1.47. The van der Waals surface area contributed by atoms with Gasteiger partial charge in [0.2, 0.25) is 0 Å². The Balaban J connectivity index is 1.66. The minimum atomic E-state index is 0.289. The zero-order valence-electron chi connectivity index (χ0n) is 10.5. The van der Waals surface area contributed by atoms with Crippen LogP contribution in [-0.2, 0) is 4.74 Å². The van der Waals surface area contributed by atoms with Gasteiger partial charge in [0.25, 0.3) is 0 Å². The van der Waals surface area contributed by atoms with Crippen LogP contribution < -0.4 is 5.73 Å². The van der Waals surface area contributed by atoms with Crippen molar-refractivity contribution in [2.75, 3.05) is 33.4 Å². The highest BCUT2D eigenvalue weighted by atomic mass is 16.5. The van der Waals surface area contributed by atoms with Gasteiger partial charge in [-0.05, 0) is 43.9 Å². The highest BCUT2D eigenvalue weighted by Gasteiger charge is 2.29. The first-order valence-corrected chi connectivity index (χ1v) is 6.74. The van der Waals surface area contributed by atoms with Crippen LogP contribution >= 0.6 is 0 Å². The summed E-state index contributed by atoms with van der Waals surface area (Å²) in [6.45, 7) is 4.44. The van der Waals surface area contributed by atoms with Crippen LogP contribution in [0, 0.1) is 11.8 Å². The molecule has 0 spiro atoms. The Bertz CT molecular complexity index is 188. The molecule has 2 aliphatic rings. The zero-order chi connectivity index (χ0) is 11.4. The molecule has 2 aliphatic carbocycles. The molecule has 16 heavy (non-hydrogen) atoms. The highest BCUT2D eigenvalue weighted by Crippen LogP contribution is 2.33. The predicted molar refractivity (Wildman–Crippen MR) is 66.4 cm³/mol. The fourth-order valence-corrected chi connectivity index (χ4v) is 2.25. The maximum absolute atomic E-state index is 6.13. The summed E-state index contributed by atoms with van der Waals surface area (Å²) in [4.78, 5) is 2.61. The van der Waals surface area contributed by atoms with Crippen molar-refractivity contribution in [2.24, 2.45) is 17.6 Å². The van der Waals surface area contributed by atoms with Gasteiger partial charge in [0.05, 0.1) is 0 Å². The summed E-state index contributed by atoms with van der Waals surface area (Å²) < 4.78 is 5.08. The number of ether oxygens (including phenoxy) is 1. The third kappa shape index (κ3) is 4.81. The monoisotopic (exact) mass is 226 g/mol. The van der Waals surface area contributed by atoms with Gasteiger partial charge in [-0.2, -0.15) is 0 Å². The fraction of sp³-hybridized carbons (Fsp3) is 1.00. The maximum Gasteiger partial charge on any atom is 0.0477 e. The van der Waals surface area contributed by atoms with Crippen molar-refractivity contribution in [2.45, 2.75) is 38.1 Å². The van der Waals surface area contributed by atoms with Crippen LogP contribution in [0.4, 0.5) is 0 Å². The summed E-state index contributed by atoms with van der Waals surface area (Å²) in [6, 6.07) is 0.289. The number of methoxy groups -OCH3 is 1. The Morgan fingerprint density at radius 1 is 1.19 bits per heavy atom. The Morgan fingerprint density at radius 3 is 2.19 bits per heavy atom. The van der Waals surface area contributed by atoms with E-state index in [2.05, 4.69) is 4.90 Å². The molecule has 1 atom stereocenters. The van der Waals surface area contributed by atoms with Gasteiger partial charge in [-0.15, -0.1) is 0 Å². The van der Waals surface area contributed by atoms with Crippen molar-refractivity contribution in [1.82, 2.24) is 4.90 Å². The van der Waals surface area contributed by atoms with Crippen molar-refractivity contribution < 1.29 is 4.74 Å². The standard InChI is InChI=1S/C13H26N2O/c1-16-7-6-13(14)10-15(8-11-2-3-11)9-12-4-5-12/h11-13H,2-10,14H2,1H3. The Hall–Kier alpha value is -0.120. The van der Waals surface area contributed by atoms with Gasteiger partial charge in [-0.3, -0.25) is 0 Å². The quantitative estimate of drug-likeness (QED) is 0.647. The molecule has 0 bridgehead atoms. The van der Waals surface area contributed by atoms with Gasteiger partial charge in [0.15, 0.2) is 0 Å². The van der Waals surface area contributed by atoms with Crippen molar-refractivity contribution in [3.8, 4) is 0 Å². The van der Waals surface area contributed by atoms with Crippen LogP contribution in [0.15, 0.2) is 0 Å². The second kappa shape index (κ2) is 5.99. The van der Waals surface area contributed by atoms with Crippen LogP contribution in [0.5, 0.6) is 0 Å². The molecule has 0 aliphatic heterocycles. The van der Waals surface area contributed by atoms with E-state index in [1.165, 1.54) is 38.8 Å².